The van der Waals surface area contributed by atoms with Crippen molar-refractivity contribution in [2.45, 2.75) is 0 Å². The van der Waals surface area contributed by atoms with Crippen LogP contribution in [-0.2, 0) is 0 Å². The van der Waals surface area contributed by atoms with Crippen molar-refractivity contribution in [1.29, 1.82) is 0 Å². The lowest BCUT2D eigenvalue weighted by molar-refractivity contribution is 0.101. The molecular weight excluding hydrogens is 326 g/mol. The molecule has 3 aromatic rings. The van der Waals surface area contributed by atoms with E-state index >= 15 is 0 Å². The van der Waals surface area contributed by atoms with Crippen LogP contribution in [0, 0.1) is 11.6 Å². The monoisotopic (exact) mass is 334 g/mol. The minimum absolute atomic E-state index is 0.130. The number of nitrogens with one attached hydrogen (secondary N) is 1. The molecule has 1 N–H and O–H groups in total. The van der Waals surface area contributed by atoms with E-state index in [2.05, 4.69) is 15.4 Å². The summed E-state index contributed by atoms with van der Waals surface area (Å²) in [5.74, 6) is -2.68. The Hall–Kier alpha value is -2.80. The maximum absolute atomic E-state index is 13.2. The summed E-state index contributed by atoms with van der Waals surface area (Å²) in [7, 11) is 0. The van der Waals surface area contributed by atoms with Crippen molar-refractivity contribution in [1.82, 2.24) is 14.8 Å². The van der Waals surface area contributed by atoms with Crippen molar-refractivity contribution < 1.29 is 13.6 Å². The standard InChI is InChI=1S/C15H9ClF2N4O/c16-10-3-1-2-4-13(10)20-15(23)14-19-8-22(21-14)9-5-6-11(17)12(18)7-9/h1-8H,(H,20,23). The van der Waals surface area contributed by atoms with Gasteiger partial charge in [0, 0.05) is 6.07 Å². The largest absolute Gasteiger partial charge is 0.318 e. The van der Waals surface area contributed by atoms with Crippen molar-refractivity contribution in [2.75, 3.05) is 5.32 Å². The summed E-state index contributed by atoms with van der Waals surface area (Å²) in [6.45, 7) is 0. The molecular formula is C15H9ClF2N4O. The zero-order valence-electron chi connectivity index (χ0n) is 11.5. The Morgan fingerprint density at radius 3 is 2.65 bits per heavy atom. The lowest BCUT2D eigenvalue weighted by atomic mass is 10.3. The molecule has 1 aromatic heterocycles. The third-order valence-electron chi connectivity index (χ3n) is 2.98. The zero-order chi connectivity index (χ0) is 16.4. The van der Waals surface area contributed by atoms with E-state index in [0.29, 0.717) is 10.7 Å². The number of halogens is 3. The van der Waals surface area contributed by atoms with Gasteiger partial charge in [-0.3, -0.25) is 4.79 Å². The summed E-state index contributed by atoms with van der Waals surface area (Å²) in [5.41, 5.74) is 0.663. The van der Waals surface area contributed by atoms with Gasteiger partial charge in [0.05, 0.1) is 16.4 Å². The van der Waals surface area contributed by atoms with Crippen molar-refractivity contribution in [3.8, 4) is 5.69 Å². The molecule has 0 saturated carbocycles. The molecule has 3 rings (SSSR count). The molecule has 0 aliphatic rings. The van der Waals surface area contributed by atoms with Crippen molar-refractivity contribution in [3.05, 3.63) is 71.3 Å². The van der Waals surface area contributed by atoms with Crippen molar-refractivity contribution in [2.24, 2.45) is 0 Å². The molecule has 0 bridgehead atoms. The maximum atomic E-state index is 13.2. The van der Waals surface area contributed by atoms with Crippen LogP contribution >= 0.6 is 11.6 Å². The topological polar surface area (TPSA) is 59.8 Å². The number of amides is 1. The molecule has 0 atom stereocenters. The number of carbonyl (C=O) groups excluding carboxylic acids is 1. The van der Waals surface area contributed by atoms with Crippen molar-refractivity contribution >= 4 is 23.2 Å². The Bertz CT molecular complexity index is 881. The van der Waals surface area contributed by atoms with Gasteiger partial charge >= 0.3 is 0 Å². The van der Waals surface area contributed by atoms with Crippen LogP contribution in [0.3, 0.4) is 0 Å². The SMILES string of the molecule is O=C(Nc1ccccc1Cl)c1ncn(-c2ccc(F)c(F)c2)n1. The van der Waals surface area contributed by atoms with Crippen LogP contribution in [0.25, 0.3) is 5.69 Å². The molecule has 0 unspecified atom stereocenters. The van der Waals surface area contributed by atoms with E-state index in [0.717, 1.165) is 12.1 Å². The van der Waals surface area contributed by atoms with Gasteiger partial charge in [-0.25, -0.2) is 18.4 Å². The number of anilines is 1. The molecule has 2 aromatic carbocycles. The third kappa shape index (κ3) is 3.19. The molecule has 23 heavy (non-hydrogen) atoms. The van der Waals surface area contributed by atoms with Crippen LogP contribution in [0.1, 0.15) is 10.6 Å². The Balaban J connectivity index is 1.82. The Morgan fingerprint density at radius 2 is 1.91 bits per heavy atom. The fraction of sp³-hybridized carbons (Fsp3) is 0. The van der Waals surface area contributed by atoms with E-state index in [1.807, 2.05) is 0 Å². The molecule has 1 amide bonds. The van der Waals surface area contributed by atoms with Crippen LogP contribution < -0.4 is 5.32 Å². The molecule has 1 heterocycles. The van der Waals surface area contributed by atoms with Gasteiger partial charge in [0.1, 0.15) is 6.33 Å². The Kier molecular flexibility index (Phi) is 4.03. The van der Waals surface area contributed by atoms with E-state index in [-0.39, 0.29) is 11.5 Å². The number of hydrogen-bond acceptors (Lipinski definition) is 3. The number of carbonyl (C=O) groups is 1. The minimum atomic E-state index is -1.01. The molecule has 0 radical (unpaired) electrons. The highest BCUT2D eigenvalue weighted by molar-refractivity contribution is 6.33. The fourth-order valence-electron chi connectivity index (χ4n) is 1.86. The molecule has 0 aliphatic heterocycles. The quantitative estimate of drug-likeness (QED) is 0.798. The van der Waals surface area contributed by atoms with Gasteiger partial charge in [0.2, 0.25) is 5.82 Å². The number of para-hydroxylation sites is 1. The minimum Gasteiger partial charge on any atom is -0.318 e. The molecule has 8 heteroatoms. The second kappa shape index (κ2) is 6.13. The molecule has 116 valence electrons. The lowest BCUT2D eigenvalue weighted by Gasteiger charge is -2.04. The summed E-state index contributed by atoms with van der Waals surface area (Å²) >= 11 is 5.95. The molecule has 0 aliphatic carbocycles. The van der Waals surface area contributed by atoms with Crippen LogP contribution in [0.4, 0.5) is 14.5 Å². The predicted octanol–water partition coefficient (Wildman–Crippen LogP) is 3.45. The highest BCUT2D eigenvalue weighted by atomic mass is 35.5. The first kappa shape index (κ1) is 15.1. The second-order valence-electron chi connectivity index (χ2n) is 4.55. The normalized spacial score (nSPS) is 10.6. The number of hydrogen-bond donors (Lipinski definition) is 1. The summed E-state index contributed by atoms with van der Waals surface area (Å²) in [5, 5.41) is 6.88. The second-order valence-corrected chi connectivity index (χ2v) is 4.95. The lowest BCUT2D eigenvalue weighted by Crippen LogP contribution is -2.14. The first-order valence-corrected chi connectivity index (χ1v) is 6.85. The van der Waals surface area contributed by atoms with Gasteiger partial charge in [-0.1, -0.05) is 23.7 Å². The number of rotatable bonds is 3. The Labute approximate surface area is 134 Å². The number of aromatic nitrogens is 3. The van der Waals surface area contributed by atoms with Crippen LogP contribution in [0.15, 0.2) is 48.8 Å². The van der Waals surface area contributed by atoms with Gasteiger partial charge in [0.25, 0.3) is 5.91 Å². The fourth-order valence-corrected chi connectivity index (χ4v) is 2.04. The Morgan fingerprint density at radius 1 is 1.13 bits per heavy atom. The van der Waals surface area contributed by atoms with E-state index < -0.39 is 17.5 Å². The highest BCUT2D eigenvalue weighted by Crippen LogP contribution is 2.20. The van der Waals surface area contributed by atoms with Gasteiger partial charge < -0.3 is 5.32 Å². The summed E-state index contributed by atoms with van der Waals surface area (Å²) in [4.78, 5) is 15.9. The first-order chi connectivity index (χ1) is 11.0. The van der Waals surface area contributed by atoms with Crippen LogP contribution in [0.5, 0.6) is 0 Å². The molecule has 0 saturated heterocycles. The molecule has 5 nitrogen and oxygen atoms in total. The summed E-state index contributed by atoms with van der Waals surface area (Å²) in [6, 6.07) is 9.96. The van der Waals surface area contributed by atoms with Gasteiger partial charge in [-0.05, 0) is 24.3 Å². The number of nitrogens with zero attached hydrogens (tertiary/aromatic N) is 3. The number of benzene rings is 2. The summed E-state index contributed by atoms with van der Waals surface area (Å²) in [6.07, 6.45) is 1.23. The van der Waals surface area contributed by atoms with Crippen LogP contribution in [-0.4, -0.2) is 20.7 Å². The first-order valence-electron chi connectivity index (χ1n) is 6.47. The maximum Gasteiger partial charge on any atom is 0.295 e. The molecule has 0 fully saturated rings. The predicted molar refractivity (Wildman–Crippen MR) is 80.7 cm³/mol. The van der Waals surface area contributed by atoms with E-state index in [1.165, 1.54) is 17.1 Å². The van der Waals surface area contributed by atoms with E-state index in [4.69, 9.17) is 11.6 Å². The zero-order valence-corrected chi connectivity index (χ0v) is 12.3. The van der Waals surface area contributed by atoms with Gasteiger partial charge in [0.15, 0.2) is 11.6 Å². The smallest absolute Gasteiger partial charge is 0.295 e. The van der Waals surface area contributed by atoms with Crippen LogP contribution in [0.2, 0.25) is 5.02 Å². The third-order valence-corrected chi connectivity index (χ3v) is 3.31. The average molecular weight is 335 g/mol. The molecule has 0 spiro atoms. The summed E-state index contributed by atoms with van der Waals surface area (Å²) < 4.78 is 27.3. The average Bonchev–Trinajstić information content (AvgIpc) is 3.02. The van der Waals surface area contributed by atoms with E-state index in [1.54, 1.807) is 24.3 Å². The van der Waals surface area contributed by atoms with Crippen molar-refractivity contribution in [3.63, 3.8) is 0 Å². The van der Waals surface area contributed by atoms with Gasteiger partial charge in [-0.15, -0.1) is 5.10 Å². The highest BCUT2D eigenvalue weighted by Gasteiger charge is 2.14. The van der Waals surface area contributed by atoms with Gasteiger partial charge in [-0.2, -0.15) is 0 Å². The van der Waals surface area contributed by atoms with E-state index in [9.17, 15) is 13.6 Å².